The number of nitrogens with zero attached hydrogens (tertiary/aromatic N) is 1. The predicted molar refractivity (Wildman–Crippen MR) is 65.7 cm³/mol. The van der Waals surface area contributed by atoms with Gasteiger partial charge >= 0.3 is 0 Å². The van der Waals surface area contributed by atoms with Crippen LogP contribution >= 0.6 is 27.3 Å². The summed E-state index contributed by atoms with van der Waals surface area (Å²) in [4.78, 5) is 4.00. The lowest BCUT2D eigenvalue weighted by Crippen LogP contribution is -2.53. The van der Waals surface area contributed by atoms with E-state index in [0.29, 0.717) is 5.41 Å². The first kappa shape index (κ1) is 10.7. The van der Waals surface area contributed by atoms with Gasteiger partial charge in [-0.15, -0.1) is 11.3 Å². The molecule has 0 saturated carbocycles. The molecule has 0 aromatic carbocycles. The van der Waals surface area contributed by atoms with Crippen LogP contribution in [0.25, 0.3) is 0 Å². The van der Waals surface area contributed by atoms with E-state index in [1.165, 1.54) is 28.2 Å². The van der Waals surface area contributed by atoms with Crippen molar-refractivity contribution >= 4 is 27.3 Å². The fourth-order valence-electron chi connectivity index (χ4n) is 2.03. The van der Waals surface area contributed by atoms with Crippen molar-refractivity contribution in [3.63, 3.8) is 0 Å². The number of halogens is 1. The minimum atomic E-state index is 0.592. The van der Waals surface area contributed by atoms with Crippen LogP contribution in [0.5, 0.6) is 0 Å². The molecule has 1 fully saturated rings. The van der Waals surface area contributed by atoms with E-state index >= 15 is 0 Å². The Labute approximate surface area is 98.2 Å². The Kier molecular flexibility index (Phi) is 3.01. The summed E-state index contributed by atoms with van der Waals surface area (Å²) in [5.74, 6) is 0. The summed E-state index contributed by atoms with van der Waals surface area (Å²) >= 11 is 5.35. The zero-order valence-electron chi connectivity index (χ0n) is 8.72. The van der Waals surface area contributed by atoms with Gasteiger partial charge in [0, 0.05) is 24.5 Å². The molecule has 0 unspecified atom stereocenters. The van der Waals surface area contributed by atoms with E-state index in [0.717, 1.165) is 6.54 Å². The van der Waals surface area contributed by atoms with E-state index in [2.05, 4.69) is 46.8 Å². The molecule has 1 aromatic heterocycles. The molecule has 2 heterocycles. The second-order valence-electron chi connectivity index (χ2n) is 4.52. The molecule has 1 aromatic rings. The average molecular weight is 274 g/mol. The standard InChI is InChI=1S/C11H16BrNS/c1-3-11(2)7-13(8-11)6-9-4-5-10(12)14-9/h4-5H,3,6-8H2,1-2H3. The van der Waals surface area contributed by atoms with E-state index < -0.39 is 0 Å². The van der Waals surface area contributed by atoms with Gasteiger partial charge < -0.3 is 0 Å². The summed E-state index contributed by atoms with van der Waals surface area (Å²) in [6.07, 6.45) is 1.30. The lowest BCUT2D eigenvalue weighted by Gasteiger charge is -2.47. The minimum Gasteiger partial charge on any atom is -0.297 e. The maximum Gasteiger partial charge on any atom is 0.0701 e. The number of likely N-dealkylation sites (tertiary alicyclic amines) is 1. The molecule has 1 aliphatic rings. The van der Waals surface area contributed by atoms with E-state index in [1.54, 1.807) is 0 Å². The third-order valence-corrected chi connectivity index (χ3v) is 4.68. The van der Waals surface area contributed by atoms with Crippen molar-refractivity contribution in [3.8, 4) is 0 Å². The Morgan fingerprint density at radius 2 is 2.21 bits per heavy atom. The number of rotatable bonds is 3. The SMILES string of the molecule is CCC1(C)CN(Cc2ccc(Br)s2)C1. The largest absolute Gasteiger partial charge is 0.297 e. The average Bonchev–Trinajstić information content (AvgIpc) is 2.48. The number of hydrogen-bond donors (Lipinski definition) is 0. The van der Waals surface area contributed by atoms with Crippen LogP contribution in [-0.4, -0.2) is 18.0 Å². The highest BCUT2D eigenvalue weighted by molar-refractivity contribution is 9.11. The van der Waals surface area contributed by atoms with Crippen LogP contribution in [0, 0.1) is 5.41 Å². The third kappa shape index (κ3) is 2.20. The summed E-state index contributed by atoms with van der Waals surface area (Å²) in [7, 11) is 0. The van der Waals surface area contributed by atoms with Gasteiger partial charge in [-0.2, -0.15) is 0 Å². The van der Waals surface area contributed by atoms with Crippen molar-refractivity contribution in [2.75, 3.05) is 13.1 Å². The summed E-state index contributed by atoms with van der Waals surface area (Å²) in [5, 5.41) is 0. The van der Waals surface area contributed by atoms with E-state index in [-0.39, 0.29) is 0 Å². The van der Waals surface area contributed by atoms with Gasteiger partial charge in [-0.25, -0.2) is 0 Å². The molecule has 14 heavy (non-hydrogen) atoms. The predicted octanol–water partition coefficient (Wildman–Crippen LogP) is 3.74. The molecule has 78 valence electrons. The van der Waals surface area contributed by atoms with Gasteiger partial charge in [-0.05, 0) is 39.9 Å². The molecule has 0 N–H and O–H groups in total. The van der Waals surface area contributed by atoms with Crippen LogP contribution in [0.15, 0.2) is 15.9 Å². The first-order chi connectivity index (χ1) is 6.61. The monoisotopic (exact) mass is 273 g/mol. The fourth-order valence-corrected chi connectivity index (χ4v) is 3.55. The van der Waals surface area contributed by atoms with Crippen LogP contribution < -0.4 is 0 Å². The normalized spacial score (nSPS) is 20.8. The molecular formula is C11H16BrNS. The highest BCUT2D eigenvalue weighted by atomic mass is 79.9. The van der Waals surface area contributed by atoms with E-state index in [4.69, 9.17) is 0 Å². The van der Waals surface area contributed by atoms with Crippen molar-refractivity contribution in [2.24, 2.45) is 5.41 Å². The quantitative estimate of drug-likeness (QED) is 0.811. The summed E-state index contributed by atoms with van der Waals surface area (Å²) in [5.41, 5.74) is 0.592. The lowest BCUT2D eigenvalue weighted by atomic mass is 9.79. The van der Waals surface area contributed by atoms with Crippen LogP contribution in [0.3, 0.4) is 0 Å². The second-order valence-corrected chi connectivity index (χ2v) is 7.06. The molecule has 0 bridgehead atoms. The molecule has 3 heteroatoms. The molecule has 1 saturated heterocycles. The second kappa shape index (κ2) is 3.95. The molecule has 0 spiro atoms. The van der Waals surface area contributed by atoms with Crippen LogP contribution in [0.4, 0.5) is 0 Å². The van der Waals surface area contributed by atoms with Gasteiger partial charge in [0.05, 0.1) is 3.79 Å². The zero-order valence-corrected chi connectivity index (χ0v) is 11.1. The van der Waals surface area contributed by atoms with Crippen molar-refractivity contribution in [1.82, 2.24) is 4.90 Å². The zero-order chi connectivity index (χ0) is 10.2. The van der Waals surface area contributed by atoms with Gasteiger partial charge in [-0.3, -0.25) is 4.90 Å². The summed E-state index contributed by atoms with van der Waals surface area (Å²) < 4.78 is 1.24. The van der Waals surface area contributed by atoms with Crippen LogP contribution in [0.2, 0.25) is 0 Å². The summed E-state index contributed by atoms with van der Waals surface area (Å²) in [6.45, 7) is 8.33. The highest BCUT2D eigenvalue weighted by Crippen LogP contribution is 2.35. The van der Waals surface area contributed by atoms with Crippen molar-refractivity contribution in [2.45, 2.75) is 26.8 Å². The Morgan fingerprint density at radius 1 is 1.50 bits per heavy atom. The molecular weight excluding hydrogens is 258 g/mol. The molecule has 2 rings (SSSR count). The molecule has 0 atom stereocenters. The van der Waals surface area contributed by atoms with Crippen LogP contribution in [0.1, 0.15) is 25.1 Å². The maximum absolute atomic E-state index is 3.50. The van der Waals surface area contributed by atoms with Gasteiger partial charge in [-0.1, -0.05) is 13.8 Å². The van der Waals surface area contributed by atoms with E-state index in [1.807, 2.05) is 11.3 Å². The van der Waals surface area contributed by atoms with Crippen molar-refractivity contribution < 1.29 is 0 Å². The molecule has 0 amide bonds. The summed E-state index contributed by atoms with van der Waals surface area (Å²) in [6, 6.07) is 4.36. The first-order valence-electron chi connectivity index (χ1n) is 5.08. The lowest BCUT2D eigenvalue weighted by molar-refractivity contribution is 0.00697. The Morgan fingerprint density at radius 3 is 2.71 bits per heavy atom. The van der Waals surface area contributed by atoms with Gasteiger partial charge in [0.15, 0.2) is 0 Å². The van der Waals surface area contributed by atoms with Gasteiger partial charge in [0.1, 0.15) is 0 Å². The first-order valence-corrected chi connectivity index (χ1v) is 6.69. The van der Waals surface area contributed by atoms with Crippen molar-refractivity contribution in [3.05, 3.63) is 20.8 Å². The smallest absolute Gasteiger partial charge is 0.0701 e. The Balaban J connectivity index is 1.85. The third-order valence-electron chi connectivity index (χ3n) is 3.07. The molecule has 0 aliphatic carbocycles. The van der Waals surface area contributed by atoms with Gasteiger partial charge in [0.2, 0.25) is 0 Å². The highest BCUT2D eigenvalue weighted by Gasteiger charge is 2.36. The van der Waals surface area contributed by atoms with E-state index in [9.17, 15) is 0 Å². The number of thiophene rings is 1. The molecule has 1 nitrogen and oxygen atoms in total. The minimum absolute atomic E-state index is 0.592. The topological polar surface area (TPSA) is 3.24 Å². The van der Waals surface area contributed by atoms with Crippen molar-refractivity contribution in [1.29, 1.82) is 0 Å². The van der Waals surface area contributed by atoms with Gasteiger partial charge in [0.25, 0.3) is 0 Å². The maximum atomic E-state index is 3.50. The molecule has 1 aliphatic heterocycles. The number of hydrogen-bond acceptors (Lipinski definition) is 2. The Hall–Kier alpha value is 0.140. The molecule has 0 radical (unpaired) electrons. The Bertz CT molecular complexity index is 315. The van der Waals surface area contributed by atoms with Crippen LogP contribution in [-0.2, 0) is 6.54 Å². The fraction of sp³-hybridized carbons (Fsp3) is 0.636.